The highest BCUT2D eigenvalue weighted by molar-refractivity contribution is 6.03. The molecule has 2 aromatic carbocycles. The average molecular weight is 293 g/mol. The Bertz CT molecular complexity index is 772. The van der Waals surface area contributed by atoms with Crippen LogP contribution in [0.25, 0.3) is 0 Å². The zero-order chi connectivity index (χ0) is 16.1. The van der Waals surface area contributed by atoms with Gasteiger partial charge in [-0.05, 0) is 35.9 Å². The number of methoxy groups -OCH3 is 1. The quantitative estimate of drug-likeness (QED) is 0.678. The Balaban J connectivity index is 2.34. The summed E-state index contributed by atoms with van der Waals surface area (Å²) < 4.78 is 5.18. The first-order valence-electron chi connectivity index (χ1n) is 6.61. The Morgan fingerprint density at radius 1 is 1.23 bits per heavy atom. The molecular formula is C18H15NO3. The summed E-state index contributed by atoms with van der Waals surface area (Å²) in [5.74, 6) is 2.17. The van der Waals surface area contributed by atoms with E-state index in [9.17, 15) is 9.59 Å². The van der Waals surface area contributed by atoms with Crippen LogP contribution in [-0.4, -0.2) is 18.8 Å². The predicted octanol–water partition coefficient (Wildman–Crippen LogP) is 2.20. The molecule has 0 radical (unpaired) electrons. The molecule has 4 heteroatoms. The van der Waals surface area contributed by atoms with E-state index >= 15 is 0 Å². The van der Waals surface area contributed by atoms with Crippen LogP contribution in [0, 0.1) is 12.3 Å². The number of hydrogen-bond donors (Lipinski definition) is 1. The number of benzene rings is 2. The van der Waals surface area contributed by atoms with E-state index in [1.165, 1.54) is 19.2 Å². The van der Waals surface area contributed by atoms with Crippen molar-refractivity contribution in [2.45, 2.75) is 6.42 Å². The molecule has 110 valence electrons. The van der Waals surface area contributed by atoms with Gasteiger partial charge in [0.2, 0.25) is 5.91 Å². The lowest BCUT2D eigenvalue weighted by Crippen LogP contribution is -2.13. The molecule has 0 saturated heterocycles. The SMILES string of the molecule is C#Cc1cccc(CC(=O)c2cc(C(N)=O)ccc2OC)c1. The third kappa shape index (κ3) is 3.33. The van der Waals surface area contributed by atoms with Gasteiger partial charge in [-0.15, -0.1) is 6.42 Å². The maximum Gasteiger partial charge on any atom is 0.248 e. The van der Waals surface area contributed by atoms with Gasteiger partial charge in [0.05, 0.1) is 12.7 Å². The summed E-state index contributed by atoms with van der Waals surface area (Å²) in [5, 5.41) is 0. The molecule has 22 heavy (non-hydrogen) atoms. The van der Waals surface area contributed by atoms with Crippen LogP contribution in [0.4, 0.5) is 0 Å². The fourth-order valence-corrected chi connectivity index (χ4v) is 2.13. The molecule has 0 aliphatic heterocycles. The third-order valence-electron chi connectivity index (χ3n) is 3.24. The number of carbonyl (C=O) groups excluding carboxylic acids is 2. The minimum absolute atomic E-state index is 0.161. The molecule has 1 amide bonds. The number of carbonyl (C=O) groups is 2. The second-order valence-electron chi connectivity index (χ2n) is 4.72. The molecule has 4 nitrogen and oxygen atoms in total. The van der Waals surface area contributed by atoms with Crippen molar-refractivity contribution in [1.29, 1.82) is 0 Å². The molecule has 0 bridgehead atoms. The highest BCUT2D eigenvalue weighted by Gasteiger charge is 2.15. The molecule has 0 aromatic heterocycles. The van der Waals surface area contributed by atoms with E-state index in [-0.39, 0.29) is 17.8 Å². The van der Waals surface area contributed by atoms with Crippen LogP contribution in [0.5, 0.6) is 5.75 Å². The van der Waals surface area contributed by atoms with E-state index < -0.39 is 5.91 Å². The lowest BCUT2D eigenvalue weighted by atomic mass is 9.99. The summed E-state index contributed by atoms with van der Waals surface area (Å²) in [4.78, 5) is 23.7. The van der Waals surface area contributed by atoms with Gasteiger partial charge in [0, 0.05) is 17.5 Å². The first-order valence-corrected chi connectivity index (χ1v) is 6.61. The second kappa shape index (κ2) is 6.59. The van der Waals surface area contributed by atoms with E-state index in [2.05, 4.69) is 5.92 Å². The summed E-state index contributed by atoms with van der Waals surface area (Å²) >= 11 is 0. The molecular weight excluding hydrogens is 278 g/mol. The smallest absolute Gasteiger partial charge is 0.248 e. The van der Waals surface area contributed by atoms with Crippen LogP contribution in [-0.2, 0) is 6.42 Å². The summed E-state index contributed by atoms with van der Waals surface area (Å²) in [6.45, 7) is 0. The Hall–Kier alpha value is -3.06. The zero-order valence-electron chi connectivity index (χ0n) is 12.1. The lowest BCUT2D eigenvalue weighted by Gasteiger charge is -2.09. The summed E-state index contributed by atoms with van der Waals surface area (Å²) in [7, 11) is 1.47. The first-order chi connectivity index (χ1) is 10.5. The van der Waals surface area contributed by atoms with Crippen molar-refractivity contribution in [3.8, 4) is 18.1 Å². The van der Waals surface area contributed by atoms with E-state index in [0.29, 0.717) is 16.9 Å². The van der Waals surface area contributed by atoms with Crippen molar-refractivity contribution in [2.24, 2.45) is 5.73 Å². The Labute approximate surface area is 128 Å². The number of primary amides is 1. The number of ketones is 1. The highest BCUT2D eigenvalue weighted by Crippen LogP contribution is 2.22. The van der Waals surface area contributed by atoms with Gasteiger partial charge in [-0.3, -0.25) is 9.59 Å². The molecule has 2 aromatic rings. The normalized spacial score (nSPS) is 9.82. The number of rotatable bonds is 5. The molecule has 2 rings (SSSR count). The highest BCUT2D eigenvalue weighted by atomic mass is 16.5. The Morgan fingerprint density at radius 3 is 2.64 bits per heavy atom. The van der Waals surface area contributed by atoms with Crippen LogP contribution in [0.15, 0.2) is 42.5 Å². The van der Waals surface area contributed by atoms with Gasteiger partial charge in [0.15, 0.2) is 5.78 Å². The van der Waals surface area contributed by atoms with Gasteiger partial charge in [0.25, 0.3) is 0 Å². The van der Waals surface area contributed by atoms with E-state index in [1.54, 1.807) is 24.3 Å². The van der Waals surface area contributed by atoms with Crippen LogP contribution >= 0.6 is 0 Å². The monoisotopic (exact) mass is 293 g/mol. The summed E-state index contributed by atoms with van der Waals surface area (Å²) in [6, 6.07) is 11.7. The van der Waals surface area contributed by atoms with Gasteiger partial charge >= 0.3 is 0 Å². The van der Waals surface area contributed by atoms with Gasteiger partial charge in [-0.2, -0.15) is 0 Å². The van der Waals surface area contributed by atoms with Crippen LogP contribution < -0.4 is 10.5 Å². The predicted molar refractivity (Wildman–Crippen MR) is 83.9 cm³/mol. The van der Waals surface area contributed by atoms with Crippen molar-refractivity contribution >= 4 is 11.7 Å². The fourth-order valence-electron chi connectivity index (χ4n) is 2.13. The standard InChI is InChI=1S/C18H15NO3/c1-3-12-5-4-6-13(9-12)10-16(20)15-11-14(18(19)21)7-8-17(15)22-2/h1,4-9,11H,10H2,2H3,(H2,19,21). The molecule has 0 spiro atoms. The molecule has 0 heterocycles. The molecule has 0 aliphatic carbocycles. The summed E-state index contributed by atoms with van der Waals surface area (Å²) in [5.41, 5.74) is 7.35. The van der Waals surface area contributed by atoms with E-state index in [0.717, 1.165) is 5.56 Å². The average Bonchev–Trinajstić information content (AvgIpc) is 2.54. The van der Waals surface area contributed by atoms with Gasteiger partial charge in [-0.25, -0.2) is 0 Å². The first kappa shape index (κ1) is 15.3. The Morgan fingerprint density at radius 2 is 2.00 bits per heavy atom. The molecule has 2 N–H and O–H groups in total. The van der Waals surface area contributed by atoms with Crippen molar-refractivity contribution in [3.63, 3.8) is 0 Å². The van der Waals surface area contributed by atoms with Gasteiger partial charge in [0.1, 0.15) is 5.75 Å². The number of amides is 1. The number of nitrogens with two attached hydrogens (primary N) is 1. The van der Waals surface area contributed by atoms with Gasteiger partial charge in [-0.1, -0.05) is 18.1 Å². The fraction of sp³-hybridized carbons (Fsp3) is 0.111. The third-order valence-corrected chi connectivity index (χ3v) is 3.24. The van der Waals surface area contributed by atoms with Crippen molar-refractivity contribution in [1.82, 2.24) is 0 Å². The van der Waals surface area contributed by atoms with Crippen LogP contribution in [0.2, 0.25) is 0 Å². The molecule has 0 saturated carbocycles. The maximum absolute atomic E-state index is 12.5. The maximum atomic E-state index is 12.5. The number of Topliss-reactive ketones (excluding diaryl/α,β-unsaturated/α-hetero) is 1. The Kier molecular flexibility index (Phi) is 4.60. The zero-order valence-corrected chi connectivity index (χ0v) is 12.1. The topological polar surface area (TPSA) is 69.4 Å². The minimum Gasteiger partial charge on any atom is -0.496 e. The van der Waals surface area contributed by atoms with Crippen molar-refractivity contribution < 1.29 is 14.3 Å². The van der Waals surface area contributed by atoms with Crippen LogP contribution in [0.1, 0.15) is 31.8 Å². The largest absolute Gasteiger partial charge is 0.496 e. The molecule has 0 aliphatic rings. The van der Waals surface area contributed by atoms with Crippen molar-refractivity contribution in [3.05, 3.63) is 64.7 Å². The second-order valence-corrected chi connectivity index (χ2v) is 4.72. The number of hydrogen-bond acceptors (Lipinski definition) is 3. The van der Waals surface area contributed by atoms with Gasteiger partial charge < -0.3 is 10.5 Å². The molecule has 0 fully saturated rings. The lowest BCUT2D eigenvalue weighted by molar-refractivity contribution is 0.0990. The molecule has 0 atom stereocenters. The van der Waals surface area contributed by atoms with Crippen molar-refractivity contribution in [2.75, 3.05) is 7.11 Å². The molecule has 0 unspecified atom stereocenters. The summed E-state index contributed by atoms with van der Waals surface area (Å²) in [6.07, 6.45) is 5.51. The van der Waals surface area contributed by atoms with Crippen LogP contribution in [0.3, 0.4) is 0 Å². The van der Waals surface area contributed by atoms with E-state index in [4.69, 9.17) is 16.9 Å². The van der Waals surface area contributed by atoms with E-state index in [1.807, 2.05) is 6.07 Å². The minimum atomic E-state index is -0.592. The number of terminal acetylenes is 1. The number of ether oxygens (including phenoxy) is 1.